The van der Waals surface area contributed by atoms with Gasteiger partial charge < -0.3 is 15.0 Å². The lowest BCUT2D eigenvalue weighted by Crippen LogP contribution is -2.43. The molecule has 2 aromatic rings. The van der Waals surface area contributed by atoms with Crippen LogP contribution in [0.4, 0.5) is 5.95 Å². The number of carbonyl (C=O) groups is 1. The third kappa shape index (κ3) is 4.01. The molecule has 2 heterocycles. The maximum atomic E-state index is 12.5. The van der Waals surface area contributed by atoms with Gasteiger partial charge in [0.25, 0.3) is 0 Å². The van der Waals surface area contributed by atoms with Crippen molar-refractivity contribution in [1.29, 1.82) is 0 Å². The minimum Gasteiger partial charge on any atom is -0.497 e. The number of piperidine rings is 1. The smallest absolute Gasteiger partial charge is 0.225 e. The SMILES string of the molecule is COc1cccc(CNC(=O)C2CCCN(c3ncccn3)C2)c1. The highest BCUT2D eigenvalue weighted by Crippen LogP contribution is 2.20. The van der Waals surface area contributed by atoms with Crippen LogP contribution in [0.1, 0.15) is 18.4 Å². The van der Waals surface area contributed by atoms with Gasteiger partial charge in [0, 0.05) is 32.0 Å². The van der Waals surface area contributed by atoms with Crippen LogP contribution < -0.4 is 15.0 Å². The summed E-state index contributed by atoms with van der Waals surface area (Å²) in [5, 5.41) is 3.03. The average molecular weight is 326 g/mol. The van der Waals surface area contributed by atoms with Gasteiger partial charge in [0.2, 0.25) is 11.9 Å². The van der Waals surface area contributed by atoms with Crippen LogP contribution in [0.25, 0.3) is 0 Å². The summed E-state index contributed by atoms with van der Waals surface area (Å²) in [7, 11) is 1.64. The van der Waals surface area contributed by atoms with Gasteiger partial charge in [-0.2, -0.15) is 0 Å². The fourth-order valence-electron chi connectivity index (χ4n) is 2.94. The van der Waals surface area contributed by atoms with Gasteiger partial charge in [0.05, 0.1) is 13.0 Å². The Hall–Kier alpha value is -2.63. The molecule has 1 aromatic carbocycles. The third-order valence-corrected chi connectivity index (χ3v) is 4.23. The number of ether oxygens (including phenoxy) is 1. The highest BCUT2D eigenvalue weighted by atomic mass is 16.5. The second-order valence-corrected chi connectivity index (χ2v) is 5.90. The van der Waals surface area contributed by atoms with E-state index in [9.17, 15) is 4.79 Å². The molecule has 1 amide bonds. The Morgan fingerprint density at radius 1 is 1.33 bits per heavy atom. The predicted octanol–water partition coefficient (Wildman–Crippen LogP) is 2.02. The monoisotopic (exact) mass is 326 g/mol. The van der Waals surface area contributed by atoms with Crippen molar-refractivity contribution < 1.29 is 9.53 Å². The lowest BCUT2D eigenvalue weighted by Gasteiger charge is -2.31. The van der Waals surface area contributed by atoms with E-state index >= 15 is 0 Å². The molecule has 1 aliphatic rings. The van der Waals surface area contributed by atoms with Crippen LogP contribution in [0.5, 0.6) is 5.75 Å². The van der Waals surface area contributed by atoms with Crippen molar-refractivity contribution in [3.8, 4) is 5.75 Å². The number of nitrogens with zero attached hydrogens (tertiary/aromatic N) is 3. The summed E-state index contributed by atoms with van der Waals surface area (Å²) >= 11 is 0. The molecule has 1 N–H and O–H groups in total. The fourth-order valence-corrected chi connectivity index (χ4v) is 2.94. The summed E-state index contributed by atoms with van der Waals surface area (Å²) in [6, 6.07) is 9.53. The van der Waals surface area contributed by atoms with Crippen molar-refractivity contribution in [1.82, 2.24) is 15.3 Å². The topological polar surface area (TPSA) is 67.3 Å². The number of amides is 1. The molecule has 6 nitrogen and oxygen atoms in total. The molecule has 24 heavy (non-hydrogen) atoms. The summed E-state index contributed by atoms with van der Waals surface area (Å²) in [6.07, 6.45) is 5.33. The summed E-state index contributed by atoms with van der Waals surface area (Å²) in [5.74, 6) is 1.54. The maximum Gasteiger partial charge on any atom is 0.225 e. The molecule has 0 aliphatic carbocycles. The van der Waals surface area contributed by atoms with Crippen molar-refractivity contribution in [2.75, 3.05) is 25.1 Å². The predicted molar refractivity (Wildman–Crippen MR) is 91.8 cm³/mol. The summed E-state index contributed by atoms with van der Waals surface area (Å²) in [4.78, 5) is 23.1. The molecule has 126 valence electrons. The van der Waals surface area contributed by atoms with Gasteiger partial charge in [-0.25, -0.2) is 9.97 Å². The molecule has 6 heteroatoms. The van der Waals surface area contributed by atoms with E-state index in [-0.39, 0.29) is 11.8 Å². The molecule has 3 rings (SSSR count). The van der Waals surface area contributed by atoms with Crippen LogP contribution in [0.15, 0.2) is 42.7 Å². The molecule has 1 saturated heterocycles. The summed E-state index contributed by atoms with van der Waals surface area (Å²) < 4.78 is 5.21. The quantitative estimate of drug-likeness (QED) is 0.910. The highest BCUT2D eigenvalue weighted by Gasteiger charge is 2.26. The zero-order valence-electron chi connectivity index (χ0n) is 13.8. The van der Waals surface area contributed by atoms with E-state index in [0.29, 0.717) is 19.0 Å². The zero-order valence-corrected chi connectivity index (χ0v) is 13.8. The maximum absolute atomic E-state index is 12.5. The molecule has 1 aliphatic heterocycles. The van der Waals surface area contributed by atoms with Gasteiger partial charge in [0.15, 0.2) is 0 Å². The molecule has 1 aromatic heterocycles. The first-order chi connectivity index (χ1) is 11.8. The third-order valence-electron chi connectivity index (χ3n) is 4.23. The van der Waals surface area contributed by atoms with Gasteiger partial charge in [-0.05, 0) is 36.6 Å². The van der Waals surface area contributed by atoms with Gasteiger partial charge in [0.1, 0.15) is 5.75 Å². The second-order valence-electron chi connectivity index (χ2n) is 5.90. The summed E-state index contributed by atoms with van der Waals surface area (Å²) in [5.41, 5.74) is 1.03. The molecule has 0 bridgehead atoms. The molecule has 1 unspecified atom stereocenters. The lowest BCUT2D eigenvalue weighted by molar-refractivity contribution is -0.125. The number of hydrogen-bond donors (Lipinski definition) is 1. The molecule has 1 fully saturated rings. The van der Waals surface area contributed by atoms with Gasteiger partial charge in [-0.15, -0.1) is 0 Å². The van der Waals surface area contributed by atoms with Crippen LogP contribution in [0.2, 0.25) is 0 Å². The molecule has 0 spiro atoms. The van der Waals surface area contributed by atoms with E-state index in [1.807, 2.05) is 24.3 Å². The Morgan fingerprint density at radius 3 is 2.96 bits per heavy atom. The van der Waals surface area contributed by atoms with Crippen molar-refractivity contribution in [3.05, 3.63) is 48.3 Å². The van der Waals surface area contributed by atoms with Crippen LogP contribution >= 0.6 is 0 Å². The normalized spacial score (nSPS) is 17.4. The zero-order chi connectivity index (χ0) is 16.8. The number of rotatable bonds is 5. The Morgan fingerprint density at radius 2 is 2.17 bits per heavy atom. The molecular weight excluding hydrogens is 304 g/mol. The molecule has 0 radical (unpaired) electrons. The number of anilines is 1. The van der Waals surface area contributed by atoms with Crippen molar-refractivity contribution in [2.45, 2.75) is 19.4 Å². The Balaban J connectivity index is 1.56. The van der Waals surface area contributed by atoms with E-state index in [1.54, 1.807) is 25.6 Å². The highest BCUT2D eigenvalue weighted by molar-refractivity contribution is 5.79. The van der Waals surface area contributed by atoms with Crippen molar-refractivity contribution in [2.24, 2.45) is 5.92 Å². The number of hydrogen-bond acceptors (Lipinski definition) is 5. The van der Waals surface area contributed by atoms with Gasteiger partial charge in [-0.1, -0.05) is 12.1 Å². The molecular formula is C18H22N4O2. The number of aromatic nitrogens is 2. The molecule has 0 saturated carbocycles. The average Bonchev–Trinajstić information content (AvgIpc) is 2.67. The Kier molecular flexibility index (Phi) is 5.25. The van der Waals surface area contributed by atoms with Crippen LogP contribution in [0, 0.1) is 5.92 Å². The van der Waals surface area contributed by atoms with Gasteiger partial charge >= 0.3 is 0 Å². The standard InChI is InChI=1S/C18H22N4O2/c1-24-16-7-2-5-14(11-16)12-21-17(23)15-6-3-10-22(13-15)18-19-8-4-9-20-18/h2,4-5,7-9,11,15H,3,6,10,12-13H2,1H3,(H,21,23). The van der Waals surface area contributed by atoms with Crippen molar-refractivity contribution >= 4 is 11.9 Å². The number of nitrogens with one attached hydrogen (secondary N) is 1. The lowest BCUT2D eigenvalue weighted by atomic mass is 9.97. The van der Waals surface area contributed by atoms with E-state index in [0.717, 1.165) is 30.7 Å². The Labute approximate surface area is 141 Å². The summed E-state index contributed by atoms with van der Waals surface area (Å²) in [6.45, 7) is 2.06. The van der Waals surface area contributed by atoms with E-state index in [2.05, 4.69) is 20.2 Å². The number of methoxy groups -OCH3 is 1. The minimum atomic E-state index is -0.0341. The first-order valence-electron chi connectivity index (χ1n) is 8.19. The number of carbonyl (C=O) groups excluding carboxylic acids is 1. The first kappa shape index (κ1) is 16.2. The minimum absolute atomic E-state index is 0.0341. The van der Waals surface area contributed by atoms with Crippen LogP contribution in [-0.4, -0.2) is 36.1 Å². The number of benzene rings is 1. The first-order valence-corrected chi connectivity index (χ1v) is 8.19. The van der Waals surface area contributed by atoms with Gasteiger partial charge in [-0.3, -0.25) is 4.79 Å². The van der Waals surface area contributed by atoms with E-state index in [4.69, 9.17) is 4.74 Å². The second kappa shape index (κ2) is 7.77. The largest absolute Gasteiger partial charge is 0.497 e. The van der Waals surface area contributed by atoms with Crippen LogP contribution in [0.3, 0.4) is 0 Å². The van der Waals surface area contributed by atoms with E-state index < -0.39 is 0 Å². The van der Waals surface area contributed by atoms with Crippen molar-refractivity contribution in [3.63, 3.8) is 0 Å². The molecule has 1 atom stereocenters. The Bertz CT molecular complexity index is 678. The van der Waals surface area contributed by atoms with Crippen LogP contribution in [-0.2, 0) is 11.3 Å². The fraction of sp³-hybridized carbons (Fsp3) is 0.389. The van der Waals surface area contributed by atoms with E-state index in [1.165, 1.54) is 0 Å².